The van der Waals surface area contributed by atoms with Gasteiger partial charge in [-0.1, -0.05) is 32.0 Å². The Morgan fingerprint density at radius 3 is 2.68 bits per heavy atom. The van der Waals surface area contributed by atoms with Crippen molar-refractivity contribution >= 4 is 28.8 Å². The number of rotatable bonds is 3. The van der Waals surface area contributed by atoms with Crippen molar-refractivity contribution in [2.45, 2.75) is 57.8 Å². The van der Waals surface area contributed by atoms with Gasteiger partial charge in [0.25, 0.3) is 0 Å². The van der Waals surface area contributed by atoms with E-state index in [1.54, 1.807) is 16.9 Å². The number of ketones is 3. The molecular weight excluding hydrogens is 430 g/mol. The van der Waals surface area contributed by atoms with Crippen LogP contribution >= 0.6 is 0 Å². The van der Waals surface area contributed by atoms with Crippen LogP contribution in [0.25, 0.3) is 5.65 Å². The van der Waals surface area contributed by atoms with E-state index in [0.29, 0.717) is 62.5 Å². The predicted octanol–water partition coefficient (Wildman–Crippen LogP) is 2.64. The lowest BCUT2D eigenvalue weighted by molar-refractivity contribution is -0.125. The maximum atomic E-state index is 12.5. The van der Waals surface area contributed by atoms with E-state index in [1.165, 1.54) is 5.56 Å². The Balaban J connectivity index is 1.28. The second-order valence-electron chi connectivity index (χ2n) is 10.8. The zero-order valence-corrected chi connectivity index (χ0v) is 19.5. The van der Waals surface area contributed by atoms with Crippen LogP contribution in [0.3, 0.4) is 0 Å². The molecule has 2 aliphatic carbocycles. The fourth-order valence-electron chi connectivity index (χ4n) is 6.09. The van der Waals surface area contributed by atoms with Gasteiger partial charge in [0, 0.05) is 51.2 Å². The van der Waals surface area contributed by atoms with Gasteiger partial charge >= 0.3 is 0 Å². The number of carbonyl (C=O) groups is 3. The van der Waals surface area contributed by atoms with E-state index in [-0.39, 0.29) is 29.2 Å². The first kappa shape index (κ1) is 21.1. The minimum Gasteiger partial charge on any atom is -0.352 e. The number of benzene rings is 1. The Morgan fingerprint density at radius 1 is 1.06 bits per heavy atom. The number of hydrogen-bond donors (Lipinski definition) is 0. The summed E-state index contributed by atoms with van der Waals surface area (Å²) in [5.74, 6) is 1.75. The van der Waals surface area contributed by atoms with E-state index in [4.69, 9.17) is 4.98 Å². The monoisotopic (exact) mass is 457 g/mol. The highest BCUT2D eigenvalue weighted by molar-refractivity contribution is 6.09. The SMILES string of the molecule is CC1(C)CC(=O)Cc2cc(Cc3nc4c(N5CC[C@@]6(CC(=O)CC6=O)C5)nccn4n3)ccc21. The molecule has 0 bridgehead atoms. The highest BCUT2D eigenvalue weighted by Crippen LogP contribution is 2.42. The van der Waals surface area contributed by atoms with Gasteiger partial charge in [-0.3, -0.25) is 14.4 Å². The van der Waals surface area contributed by atoms with Crippen LogP contribution in [-0.2, 0) is 32.6 Å². The lowest BCUT2D eigenvalue weighted by Crippen LogP contribution is -2.31. The summed E-state index contributed by atoms with van der Waals surface area (Å²) >= 11 is 0. The van der Waals surface area contributed by atoms with Crippen LogP contribution in [0.4, 0.5) is 5.82 Å². The lowest BCUT2D eigenvalue weighted by Gasteiger charge is -2.31. The molecule has 2 aromatic heterocycles. The van der Waals surface area contributed by atoms with E-state index in [0.717, 1.165) is 11.1 Å². The van der Waals surface area contributed by atoms with Crippen LogP contribution in [0.2, 0.25) is 0 Å². The van der Waals surface area contributed by atoms with Crippen LogP contribution < -0.4 is 4.90 Å². The third-order valence-electron chi connectivity index (χ3n) is 7.71. The summed E-state index contributed by atoms with van der Waals surface area (Å²) in [5, 5.41) is 4.66. The molecule has 3 aromatic rings. The van der Waals surface area contributed by atoms with Gasteiger partial charge in [-0.25, -0.2) is 14.5 Å². The molecule has 2 fully saturated rings. The number of Topliss-reactive ketones (excluding diaryl/α,β-unsaturated/α-hetero) is 3. The molecule has 1 saturated heterocycles. The number of carbonyl (C=O) groups excluding carboxylic acids is 3. The van der Waals surface area contributed by atoms with Gasteiger partial charge < -0.3 is 4.90 Å². The first-order valence-electron chi connectivity index (χ1n) is 11.9. The maximum absolute atomic E-state index is 12.5. The molecule has 0 unspecified atom stereocenters. The normalized spacial score (nSPS) is 23.9. The summed E-state index contributed by atoms with van der Waals surface area (Å²) in [6.45, 7) is 5.42. The van der Waals surface area contributed by atoms with Crippen LogP contribution in [-0.4, -0.2) is 50.0 Å². The van der Waals surface area contributed by atoms with Crippen LogP contribution in [0.5, 0.6) is 0 Å². The minimum absolute atomic E-state index is 0.0397. The zero-order chi connectivity index (χ0) is 23.7. The summed E-state index contributed by atoms with van der Waals surface area (Å²) in [6.07, 6.45) is 6.16. The van der Waals surface area contributed by atoms with Crippen LogP contribution in [0.1, 0.15) is 62.0 Å². The average Bonchev–Trinajstić information content (AvgIpc) is 3.43. The summed E-state index contributed by atoms with van der Waals surface area (Å²) in [5.41, 5.74) is 3.37. The molecular formula is C26H27N5O3. The number of aromatic nitrogens is 4. The van der Waals surface area contributed by atoms with Gasteiger partial charge in [-0.05, 0) is 28.5 Å². The second kappa shape index (κ2) is 7.29. The van der Waals surface area contributed by atoms with E-state index in [1.807, 2.05) is 0 Å². The van der Waals surface area contributed by atoms with Crippen molar-refractivity contribution in [2.75, 3.05) is 18.0 Å². The van der Waals surface area contributed by atoms with Crippen molar-refractivity contribution in [1.29, 1.82) is 0 Å². The molecule has 0 radical (unpaired) electrons. The van der Waals surface area contributed by atoms with E-state index in [9.17, 15) is 14.4 Å². The van der Waals surface area contributed by atoms with E-state index < -0.39 is 5.41 Å². The van der Waals surface area contributed by atoms with Gasteiger partial charge in [0.2, 0.25) is 0 Å². The third-order valence-corrected chi connectivity index (χ3v) is 7.71. The quantitative estimate of drug-likeness (QED) is 0.558. The van der Waals surface area contributed by atoms with Gasteiger partial charge in [-0.15, -0.1) is 0 Å². The molecule has 0 N–H and O–H groups in total. The Labute approximate surface area is 197 Å². The van der Waals surface area contributed by atoms with Crippen molar-refractivity contribution in [3.63, 3.8) is 0 Å². The topological polar surface area (TPSA) is 97.5 Å². The molecule has 1 saturated carbocycles. The van der Waals surface area contributed by atoms with Gasteiger partial charge in [0.05, 0.1) is 11.8 Å². The molecule has 8 heteroatoms. The smallest absolute Gasteiger partial charge is 0.198 e. The minimum atomic E-state index is -0.567. The Bertz CT molecular complexity index is 1370. The van der Waals surface area contributed by atoms with Crippen molar-refractivity contribution in [3.05, 3.63) is 53.1 Å². The van der Waals surface area contributed by atoms with Gasteiger partial charge in [0.15, 0.2) is 17.3 Å². The Morgan fingerprint density at radius 2 is 1.88 bits per heavy atom. The molecule has 3 heterocycles. The van der Waals surface area contributed by atoms with Crippen molar-refractivity contribution in [1.82, 2.24) is 19.6 Å². The lowest BCUT2D eigenvalue weighted by atomic mass is 9.72. The van der Waals surface area contributed by atoms with Crippen molar-refractivity contribution in [2.24, 2.45) is 5.41 Å². The first-order valence-corrected chi connectivity index (χ1v) is 11.9. The largest absolute Gasteiger partial charge is 0.352 e. The Kier molecular flexibility index (Phi) is 4.53. The molecule has 3 aliphatic rings. The molecule has 34 heavy (non-hydrogen) atoms. The number of fused-ring (bicyclic) bond motifs is 2. The molecule has 1 aromatic carbocycles. The molecule has 1 atom stereocenters. The Hall–Kier alpha value is -3.42. The standard InChI is InChI=1S/C26H27N5O3/c1-25(2)13-18(32)11-17-9-16(3-4-20(17)25)10-22-28-24-23(27-6-8-31(24)29-22)30-7-5-26(15-30)14-19(33)12-21(26)34/h3-4,6,8-9H,5,7,10-15H2,1-2H3/t26-/m1/s1. The first-order chi connectivity index (χ1) is 16.2. The molecule has 1 spiro atoms. The highest BCUT2D eigenvalue weighted by Gasteiger charge is 2.50. The summed E-state index contributed by atoms with van der Waals surface area (Å²) in [7, 11) is 0. The molecule has 0 amide bonds. The highest BCUT2D eigenvalue weighted by atomic mass is 16.2. The van der Waals surface area contributed by atoms with E-state index >= 15 is 0 Å². The fraction of sp³-hybridized carbons (Fsp3) is 0.462. The van der Waals surface area contributed by atoms with Crippen molar-refractivity contribution in [3.8, 4) is 0 Å². The molecule has 174 valence electrons. The van der Waals surface area contributed by atoms with Crippen molar-refractivity contribution < 1.29 is 14.4 Å². The van der Waals surface area contributed by atoms with Crippen LogP contribution in [0.15, 0.2) is 30.6 Å². The number of hydrogen-bond acceptors (Lipinski definition) is 7. The van der Waals surface area contributed by atoms with Gasteiger partial charge in [-0.2, -0.15) is 5.10 Å². The fourth-order valence-corrected chi connectivity index (χ4v) is 6.09. The molecule has 1 aliphatic heterocycles. The maximum Gasteiger partial charge on any atom is 0.198 e. The summed E-state index contributed by atoms with van der Waals surface area (Å²) in [6, 6.07) is 6.36. The van der Waals surface area contributed by atoms with Gasteiger partial charge in [0.1, 0.15) is 17.3 Å². The summed E-state index contributed by atoms with van der Waals surface area (Å²) in [4.78, 5) is 48.0. The molecule has 6 rings (SSSR count). The predicted molar refractivity (Wildman–Crippen MR) is 125 cm³/mol. The zero-order valence-electron chi connectivity index (χ0n) is 19.5. The third kappa shape index (κ3) is 3.35. The number of nitrogens with zero attached hydrogens (tertiary/aromatic N) is 5. The average molecular weight is 458 g/mol. The van der Waals surface area contributed by atoms with E-state index in [2.05, 4.69) is 47.0 Å². The number of anilines is 1. The second-order valence-corrected chi connectivity index (χ2v) is 10.8. The summed E-state index contributed by atoms with van der Waals surface area (Å²) < 4.78 is 1.73. The molecule has 8 nitrogen and oxygen atoms in total. The van der Waals surface area contributed by atoms with Crippen LogP contribution in [0, 0.1) is 5.41 Å².